The van der Waals surface area contributed by atoms with Crippen LogP contribution in [0.25, 0.3) is 0 Å². The molecule has 0 spiro atoms. The van der Waals surface area contributed by atoms with E-state index in [1.807, 2.05) is 55.1 Å². The van der Waals surface area contributed by atoms with Crippen LogP contribution in [0.1, 0.15) is 32.9 Å². The monoisotopic (exact) mass is 397 g/mol. The van der Waals surface area contributed by atoms with E-state index in [4.69, 9.17) is 0 Å². The zero-order chi connectivity index (χ0) is 18.0. The summed E-state index contributed by atoms with van der Waals surface area (Å²) in [6, 6.07) is 15.3. The van der Waals surface area contributed by atoms with Gasteiger partial charge in [0.05, 0.1) is 5.69 Å². The Hall–Kier alpha value is -2.40. The molecule has 0 fully saturated rings. The Balaban J connectivity index is 1.71. The number of carbonyl (C=O) groups excluding carboxylic acids is 1. The molecular weight excluding hydrogens is 378 g/mol. The number of aryl methyl sites for hydroxylation is 2. The van der Waals surface area contributed by atoms with Crippen LogP contribution >= 0.6 is 15.9 Å². The van der Waals surface area contributed by atoms with Crippen LogP contribution in [-0.4, -0.2) is 15.7 Å². The molecule has 0 aliphatic carbocycles. The minimum Gasteiger partial charge on any atom is -0.322 e. The number of anilines is 1. The van der Waals surface area contributed by atoms with Crippen LogP contribution in [0.3, 0.4) is 0 Å². The maximum atomic E-state index is 12.3. The first-order valence-corrected chi connectivity index (χ1v) is 8.88. The smallest absolute Gasteiger partial charge is 0.255 e. The number of amides is 1. The zero-order valence-corrected chi connectivity index (χ0v) is 16.1. The lowest BCUT2D eigenvalue weighted by molar-refractivity contribution is 0.102. The first-order valence-electron chi connectivity index (χ1n) is 8.09. The summed E-state index contributed by atoms with van der Waals surface area (Å²) in [6.07, 6.45) is 0.839. The van der Waals surface area contributed by atoms with Crippen molar-refractivity contribution in [1.82, 2.24) is 9.78 Å². The van der Waals surface area contributed by atoms with E-state index in [2.05, 4.69) is 33.3 Å². The van der Waals surface area contributed by atoms with Crippen molar-refractivity contribution in [2.45, 2.75) is 20.3 Å². The Kier molecular flexibility index (Phi) is 5.04. The number of nitrogens with zero attached hydrogens (tertiary/aromatic N) is 2. The second-order valence-corrected chi connectivity index (χ2v) is 7.03. The van der Waals surface area contributed by atoms with Crippen molar-refractivity contribution in [1.29, 1.82) is 0 Å². The fraction of sp³-hybridized carbons (Fsp3) is 0.200. The molecule has 0 aliphatic heterocycles. The lowest BCUT2D eigenvalue weighted by Gasteiger charge is -2.08. The van der Waals surface area contributed by atoms with Crippen molar-refractivity contribution in [3.8, 4) is 0 Å². The summed E-state index contributed by atoms with van der Waals surface area (Å²) in [6.45, 7) is 4.12. The van der Waals surface area contributed by atoms with Crippen molar-refractivity contribution in [3.05, 3.63) is 81.1 Å². The van der Waals surface area contributed by atoms with Gasteiger partial charge in [-0.05, 0) is 49.7 Å². The molecule has 0 bridgehead atoms. The van der Waals surface area contributed by atoms with Crippen LogP contribution in [0.15, 0.2) is 53.0 Å². The molecule has 4 nitrogen and oxygen atoms in total. The summed E-state index contributed by atoms with van der Waals surface area (Å²) in [5.74, 6) is -0.118. The van der Waals surface area contributed by atoms with Crippen molar-refractivity contribution in [2.24, 2.45) is 7.05 Å². The van der Waals surface area contributed by atoms with E-state index in [0.717, 1.165) is 22.3 Å². The van der Waals surface area contributed by atoms with E-state index < -0.39 is 0 Å². The maximum Gasteiger partial charge on any atom is 0.255 e. The molecule has 0 unspecified atom stereocenters. The molecule has 2 aromatic carbocycles. The molecule has 0 radical (unpaired) electrons. The highest BCUT2D eigenvalue weighted by Gasteiger charge is 2.10. The van der Waals surface area contributed by atoms with Gasteiger partial charge in [-0.15, -0.1) is 0 Å². The number of benzene rings is 2. The van der Waals surface area contributed by atoms with Crippen LogP contribution < -0.4 is 5.32 Å². The van der Waals surface area contributed by atoms with Crippen LogP contribution in [0.2, 0.25) is 0 Å². The van der Waals surface area contributed by atoms with Gasteiger partial charge >= 0.3 is 0 Å². The summed E-state index contributed by atoms with van der Waals surface area (Å²) in [5, 5.41) is 7.39. The van der Waals surface area contributed by atoms with Crippen molar-refractivity contribution >= 4 is 27.5 Å². The molecule has 0 saturated heterocycles. The molecule has 1 heterocycles. The Morgan fingerprint density at radius 1 is 1.16 bits per heavy atom. The number of hydrogen-bond donors (Lipinski definition) is 1. The molecule has 3 aromatic rings. The summed E-state index contributed by atoms with van der Waals surface area (Å²) < 4.78 is 2.80. The number of carbonyl (C=O) groups is 1. The highest BCUT2D eigenvalue weighted by molar-refractivity contribution is 9.10. The molecule has 1 N–H and O–H groups in total. The Labute approximate surface area is 156 Å². The lowest BCUT2D eigenvalue weighted by atomic mass is 10.0. The minimum absolute atomic E-state index is 0.118. The third-order valence-electron chi connectivity index (χ3n) is 4.34. The molecule has 3 rings (SSSR count). The number of halogens is 1. The first-order chi connectivity index (χ1) is 11.9. The van der Waals surface area contributed by atoms with Crippen molar-refractivity contribution in [3.63, 3.8) is 0 Å². The fourth-order valence-electron chi connectivity index (χ4n) is 2.82. The van der Waals surface area contributed by atoms with E-state index >= 15 is 0 Å². The van der Waals surface area contributed by atoms with E-state index in [0.29, 0.717) is 5.56 Å². The van der Waals surface area contributed by atoms with Crippen molar-refractivity contribution < 1.29 is 4.79 Å². The summed E-state index contributed by atoms with van der Waals surface area (Å²) in [5.41, 5.74) is 6.11. The quantitative estimate of drug-likeness (QED) is 0.696. The highest BCUT2D eigenvalue weighted by atomic mass is 79.9. The molecule has 128 valence electrons. The van der Waals surface area contributed by atoms with Gasteiger partial charge in [-0.2, -0.15) is 5.10 Å². The second-order valence-electron chi connectivity index (χ2n) is 6.11. The Morgan fingerprint density at radius 2 is 1.88 bits per heavy atom. The van der Waals surface area contributed by atoms with Crippen LogP contribution in [0.4, 0.5) is 5.69 Å². The van der Waals surface area contributed by atoms with Gasteiger partial charge in [0.2, 0.25) is 0 Å². The Morgan fingerprint density at radius 3 is 2.48 bits per heavy atom. The topological polar surface area (TPSA) is 46.9 Å². The maximum absolute atomic E-state index is 12.3. The minimum atomic E-state index is -0.118. The largest absolute Gasteiger partial charge is 0.322 e. The van der Waals surface area contributed by atoms with E-state index in [1.165, 1.54) is 16.8 Å². The molecule has 5 heteroatoms. The molecule has 0 saturated carbocycles. The first kappa shape index (κ1) is 17.4. The van der Waals surface area contributed by atoms with Crippen molar-refractivity contribution in [2.75, 3.05) is 5.32 Å². The Bertz CT molecular complexity index is 913. The standard InChI is InChI=1S/C20H20BrN3O/c1-13-19(14(2)24(3)23-13)11-15-7-9-18(10-8-15)22-20(25)16-5-4-6-17(21)12-16/h4-10,12H,11H2,1-3H3,(H,22,25). The third-order valence-corrected chi connectivity index (χ3v) is 4.83. The van der Waals surface area contributed by atoms with E-state index in [-0.39, 0.29) is 5.91 Å². The van der Waals surface area contributed by atoms with Crippen LogP contribution in [0, 0.1) is 13.8 Å². The summed E-state index contributed by atoms with van der Waals surface area (Å²) in [7, 11) is 1.96. The normalized spacial score (nSPS) is 10.7. The van der Waals surface area contributed by atoms with Gasteiger partial charge in [0.1, 0.15) is 0 Å². The fourth-order valence-corrected chi connectivity index (χ4v) is 3.22. The summed E-state index contributed by atoms with van der Waals surface area (Å²) in [4.78, 5) is 12.3. The molecule has 0 aliphatic rings. The lowest BCUT2D eigenvalue weighted by Crippen LogP contribution is -2.11. The molecule has 1 aromatic heterocycles. The zero-order valence-electron chi connectivity index (χ0n) is 14.5. The van der Waals surface area contributed by atoms with Gasteiger partial charge in [-0.3, -0.25) is 9.48 Å². The number of aromatic nitrogens is 2. The second kappa shape index (κ2) is 7.23. The van der Waals surface area contributed by atoms with Gasteiger partial charge < -0.3 is 5.32 Å². The van der Waals surface area contributed by atoms with E-state index in [1.54, 1.807) is 12.1 Å². The number of rotatable bonds is 4. The number of nitrogens with one attached hydrogen (secondary N) is 1. The van der Waals surface area contributed by atoms with Crippen LogP contribution in [-0.2, 0) is 13.5 Å². The molecule has 0 atom stereocenters. The van der Waals surface area contributed by atoms with E-state index in [9.17, 15) is 4.79 Å². The SMILES string of the molecule is Cc1nn(C)c(C)c1Cc1ccc(NC(=O)c2cccc(Br)c2)cc1. The molecule has 1 amide bonds. The van der Waals surface area contributed by atoms with Gasteiger partial charge in [-0.25, -0.2) is 0 Å². The highest BCUT2D eigenvalue weighted by Crippen LogP contribution is 2.19. The van der Waals surface area contributed by atoms with Gasteiger partial charge in [-0.1, -0.05) is 34.1 Å². The molecule has 25 heavy (non-hydrogen) atoms. The average Bonchev–Trinajstić information content (AvgIpc) is 2.83. The third kappa shape index (κ3) is 3.99. The average molecular weight is 398 g/mol. The summed E-state index contributed by atoms with van der Waals surface area (Å²) >= 11 is 3.38. The van der Waals surface area contributed by atoms with Gasteiger partial charge in [0.25, 0.3) is 5.91 Å². The van der Waals surface area contributed by atoms with Crippen LogP contribution in [0.5, 0.6) is 0 Å². The van der Waals surface area contributed by atoms with Gasteiger partial charge in [0.15, 0.2) is 0 Å². The predicted octanol–water partition coefficient (Wildman–Crippen LogP) is 4.64. The predicted molar refractivity (Wildman–Crippen MR) is 104 cm³/mol. The van der Waals surface area contributed by atoms with Gasteiger partial charge in [0, 0.05) is 40.4 Å². The molecular formula is C20H20BrN3O. The number of hydrogen-bond acceptors (Lipinski definition) is 2.